The normalized spacial score (nSPS) is 18.9. The molecular formula is C27H36N4O4. The second-order valence-electron chi connectivity index (χ2n) is 9.48. The summed E-state index contributed by atoms with van der Waals surface area (Å²) < 4.78 is 10.5. The molecule has 2 aliphatic rings. The standard InChI is InChI=1S/C27H36N4O4/c1-21(6-7-22-8-10-24(35-3)11-9-22)29-15-12-27(13-16-29)25(32)30(20-23-5-4-14-28-19-23)26(33)31(27)17-18-34-2/h4-5,8-11,14,19,21H,6-7,12-13,15-18,20H2,1-3H3. The van der Waals surface area contributed by atoms with E-state index in [2.05, 4.69) is 28.9 Å². The van der Waals surface area contributed by atoms with Gasteiger partial charge in [-0.2, -0.15) is 0 Å². The fourth-order valence-corrected chi connectivity index (χ4v) is 5.26. The van der Waals surface area contributed by atoms with Crippen LogP contribution in [0, 0.1) is 0 Å². The van der Waals surface area contributed by atoms with Gasteiger partial charge in [0.15, 0.2) is 0 Å². The van der Waals surface area contributed by atoms with Gasteiger partial charge in [-0.05, 0) is 61.9 Å². The lowest BCUT2D eigenvalue weighted by atomic mass is 9.85. The van der Waals surface area contributed by atoms with Gasteiger partial charge in [-0.3, -0.25) is 14.7 Å². The number of aromatic nitrogens is 1. The van der Waals surface area contributed by atoms with Crippen LogP contribution in [-0.4, -0.2) is 83.7 Å². The first-order chi connectivity index (χ1) is 17.0. The summed E-state index contributed by atoms with van der Waals surface area (Å²) >= 11 is 0. The number of aryl methyl sites for hydroxylation is 1. The first kappa shape index (κ1) is 25.1. The van der Waals surface area contributed by atoms with Crippen molar-refractivity contribution in [3.8, 4) is 5.75 Å². The minimum atomic E-state index is -0.788. The zero-order valence-electron chi connectivity index (χ0n) is 21.0. The zero-order chi connectivity index (χ0) is 24.8. The predicted molar refractivity (Wildman–Crippen MR) is 133 cm³/mol. The second kappa shape index (κ2) is 11.2. The van der Waals surface area contributed by atoms with E-state index in [0.29, 0.717) is 32.0 Å². The molecular weight excluding hydrogens is 444 g/mol. The maximum absolute atomic E-state index is 13.7. The van der Waals surface area contributed by atoms with E-state index in [1.807, 2.05) is 24.3 Å². The van der Waals surface area contributed by atoms with Crippen LogP contribution in [-0.2, 0) is 22.5 Å². The van der Waals surface area contributed by atoms with E-state index < -0.39 is 5.54 Å². The number of piperidine rings is 1. The van der Waals surface area contributed by atoms with Crippen molar-refractivity contribution < 1.29 is 19.1 Å². The number of amides is 3. The van der Waals surface area contributed by atoms with Crippen LogP contribution in [0.1, 0.15) is 37.3 Å². The van der Waals surface area contributed by atoms with Gasteiger partial charge in [-0.1, -0.05) is 18.2 Å². The Morgan fingerprint density at radius 2 is 1.80 bits per heavy atom. The van der Waals surface area contributed by atoms with Crippen LogP contribution in [0.3, 0.4) is 0 Å². The number of benzene rings is 1. The number of imide groups is 1. The van der Waals surface area contributed by atoms with E-state index in [1.165, 1.54) is 10.5 Å². The molecule has 1 unspecified atom stereocenters. The number of hydrogen-bond acceptors (Lipinski definition) is 6. The summed E-state index contributed by atoms with van der Waals surface area (Å²) in [5.74, 6) is 0.780. The van der Waals surface area contributed by atoms with E-state index >= 15 is 0 Å². The van der Waals surface area contributed by atoms with Crippen LogP contribution >= 0.6 is 0 Å². The van der Waals surface area contributed by atoms with Crippen LogP contribution in [0.5, 0.6) is 5.75 Å². The van der Waals surface area contributed by atoms with Crippen molar-refractivity contribution >= 4 is 11.9 Å². The predicted octanol–water partition coefficient (Wildman–Crippen LogP) is 3.36. The van der Waals surface area contributed by atoms with E-state index in [-0.39, 0.29) is 18.5 Å². The van der Waals surface area contributed by atoms with Crippen molar-refractivity contribution in [3.63, 3.8) is 0 Å². The van der Waals surface area contributed by atoms with E-state index in [0.717, 1.165) is 37.2 Å². The quantitative estimate of drug-likeness (QED) is 0.486. The Balaban J connectivity index is 1.41. The van der Waals surface area contributed by atoms with Gasteiger partial charge in [-0.25, -0.2) is 4.79 Å². The zero-order valence-corrected chi connectivity index (χ0v) is 21.0. The summed E-state index contributed by atoms with van der Waals surface area (Å²) in [6.45, 7) is 4.89. The van der Waals surface area contributed by atoms with E-state index in [1.54, 1.807) is 31.5 Å². The Labute approximate surface area is 207 Å². The molecule has 0 aliphatic carbocycles. The maximum atomic E-state index is 13.7. The summed E-state index contributed by atoms with van der Waals surface area (Å²) in [6, 6.07) is 12.1. The number of nitrogens with zero attached hydrogens (tertiary/aromatic N) is 4. The van der Waals surface area contributed by atoms with Gasteiger partial charge in [0, 0.05) is 45.2 Å². The maximum Gasteiger partial charge on any atom is 0.328 e. The lowest BCUT2D eigenvalue weighted by molar-refractivity contribution is -0.136. The molecule has 2 saturated heterocycles. The summed E-state index contributed by atoms with van der Waals surface area (Å²) in [5.41, 5.74) is 1.35. The molecule has 1 spiro atoms. The molecule has 8 heteroatoms. The first-order valence-electron chi connectivity index (χ1n) is 12.4. The first-order valence-corrected chi connectivity index (χ1v) is 12.4. The second-order valence-corrected chi connectivity index (χ2v) is 9.48. The lowest BCUT2D eigenvalue weighted by Gasteiger charge is -2.44. The van der Waals surface area contributed by atoms with Gasteiger partial charge in [0.25, 0.3) is 5.91 Å². The van der Waals surface area contributed by atoms with Crippen molar-refractivity contribution in [3.05, 3.63) is 59.9 Å². The highest BCUT2D eigenvalue weighted by Crippen LogP contribution is 2.38. The molecule has 1 aromatic heterocycles. The molecule has 3 heterocycles. The minimum absolute atomic E-state index is 0.0898. The highest BCUT2D eigenvalue weighted by atomic mass is 16.5. The summed E-state index contributed by atoms with van der Waals surface area (Å²) in [5, 5.41) is 0. The van der Waals surface area contributed by atoms with Gasteiger partial charge in [0.05, 0.1) is 20.3 Å². The van der Waals surface area contributed by atoms with Crippen LogP contribution in [0.15, 0.2) is 48.8 Å². The Morgan fingerprint density at radius 1 is 1.06 bits per heavy atom. The molecule has 0 N–H and O–H groups in total. The third kappa shape index (κ3) is 5.33. The van der Waals surface area contributed by atoms with E-state index in [4.69, 9.17) is 9.47 Å². The molecule has 2 fully saturated rings. The van der Waals surface area contributed by atoms with Crippen LogP contribution < -0.4 is 4.74 Å². The van der Waals surface area contributed by atoms with Crippen LogP contribution in [0.25, 0.3) is 0 Å². The Hall–Kier alpha value is -2.97. The van der Waals surface area contributed by atoms with Gasteiger partial charge in [0.1, 0.15) is 11.3 Å². The summed E-state index contributed by atoms with van der Waals surface area (Å²) in [4.78, 5) is 36.8. The molecule has 188 valence electrons. The molecule has 0 bridgehead atoms. The molecule has 2 aliphatic heterocycles. The lowest BCUT2D eigenvalue weighted by Crippen LogP contribution is -2.58. The average molecular weight is 481 g/mol. The highest BCUT2D eigenvalue weighted by Gasteiger charge is 2.57. The van der Waals surface area contributed by atoms with E-state index in [9.17, 15) is 9.59 Å². The van der Waals surface area contributed by atoms with Crippen molar-refractivity contribution in [2.45, 2.75) is 50.7 Å². The van der Waals surface area contributed by atoms with Crippen LogP contribution in [0.2, 0.25) is 0 Å². The molecule has 3 amide bonds. The SMILES string of the molecule is COCCN1C(=O)N(Cc2cccnc2)C(=O)C12CCN(C(C)CCc1ccc(OC)cc1)CC2. The number of carbonyl (C=O) groups excluding carboxylic acids is 2. The average Bonchev–Trinajstić information content (AvgIpc) is 3.08. The molecule has 1 atom stereocenters. The molecule has 8 nitrogen and oxygen atoms in total. The monoisotopic (exact) mass is 480 g/mol. The van der Waals surface area contributed by atoms with Gasteiger partial charge in [0.2, 0.25) is 0 Å². The third-order valence-corrected chi connectivity index (χ3v) is 7.46. The van der Waals surface area contributed by atoms with Gasteiger partial charge in [-0.15, -0.1) is 0 Å². The number of ether oxygens (including phenoxy) is 2. The molecule has 0 radical (unpaired) electrons. The van der Waals surface area contributed by atoms with Crippen molar-refractivity contribution in [2.24, 2.45) is 0 Å². The summed E-state index contributed by atoms with van der Waals surface area (Å²) in [7, 11) is 3.30. The smallest absolute Gasteiger partial charge is 0.328 e. The number of rotatable bonds is 10. The molecule has 4 rings (SSSR count). The van der Waals surface area contributed by atoms with Crippen molar-refractivity contribution in [1.82, 2.24) is 19.7 Å². The fourth-order valence-electron chi connectivity index (χ4n) is 5.26. The Morgan fingerprint density at radius 3 is 2.43 bits per heavy atom. The number of carbonyl (C=O) groups is 2. The number of hydrogen-bond donors (Lipinski definition) is 0. The number of urea groups is 1. The van der Waals surface area contributed by atoms with Gasteiger partial charge < -0.3 is 19.3 Å². The number of methoxy groups -OCH3 is 2. The summed E-state index contributed by atoms with van der Waals surface area (Å²) in [6.07, 6.45) is 6.69. The molecule has 1 aromatic carbocycles. The topological polar surface area (TPSA) is 75.2 Å². The number of pyridine rings is 1. The molecule has 35 heavy (non-hydrogen) atoms. The highest BCUT2D eigenvalue weighted by molar-refractivity contribution is 6.07. The van der Waals surface area contributed by atoms with Crippen LogP contribution in [0.4, 0.5) is 4.79 Å². The Bertz CT molecular complexity index is 990. The number of likely N-dealkylation sites (tertiary alicyclic amines) is 1. The van der Waals surface area contributed by atoms with Crippen molar-refractivity contribution in [2.75, 3.05) is 40.5 Å². The molecule has 2 aromatic rings. The minimum Gasteiger partial charge on any atom is -0.497 e. The fraction of sp³-hybridized carbons (Fsp3) is 0.519. The Kier molecular flexibility index (Phi) is 8.03. The van der Waals surface area contributed by atoms with Gasteiger partial charge >= 0.3 is 6.03 Å². The third-order valence-electron chi connectivity index (χ3n) is 7.46. The largest absolute Gasteiger partial charge is 0.497 e. The van der Waals surface area contributed by atoms with Crippen molar-refractivity contribution in [1.29, 1.82) is 0 Å². The molecule has 0 saturated carbocycles.